The Balaban J connectivity index is 2.09. The van der Waals surface area contributed by atoms with Gasteiger partial charge in [-0.25, -0.2) is 5.84 Å². The Labute approximate surface area is 92.2 Å². The molecule has 0 aliphatic carbocycles. The number of hydrogen-bond acceptors (Lipinski definition) is 5. The fourth-order valence-corrected chi connectivity index (χ4v) is 1.38. The second-order valence-electron chi connectivity index (χ2n) is 3.38. The number of nitrogens with zero attached hydrogens (tertiary/aromatic N) is 1. The Morgan fingerprint density at radius 1 is 1.62 bits per heavy atom. The van der Waals surface area contributed by atoms with Crippen molar-refractivity contribution >= 4 is 11.6 Å². The van der Waals surface area contributed by atoms with E-state index in [0.29, 0.717) is 17.9 Å². The Bertz CT molecular complexity index is 473. The van der Waals surface area contributed by atoms with Crippen LogP contribution in [0.15, 0.2) is 33.4 Å². The largest absolute Gasteiger partial charge is 0.460 e. The van der Waals surface area contributed by atoms with Crippen LogP contribution in [0.2, 0.25) is 0 Å². The molecule has 0 atom stereocenters. The Hall–Kier alpha value is -2.08. The lowest BCUT2D eigenvalue weighted by Crippen LogP contribution is -2.36. The molecular formula is C10H12N4O2. The predicted octanol–water partition coefficient (Wildman–Crippen LogP) is 0.159. The zero-order valence-electron chi connectivity index (χ0n) is 8.78. The minimum absolute atomic E-state index is 0.342. The maximum Gasteiger partial charge on any atom is 0.282 e. The van der Waals surface area contributed by atoms with Crippen LogP contribution in [-0.2, 0) is 4.79 Å². The average molecular weight is 220 g/mol. The fourth-order valence-electron chi connectivity index (χ4n) is 1.38. The third-order valence-corrected chi connectivity index (χ3v) is 2.21. The van der Waals surface area contributed by atoms with Crippen LogP contribution < -0.4 is 16.7 Å². The lowest BCUT2D eigenvalue weighted by Gasteiger charge is -2.11. The summed E-state index contributed by atoms with van der Waals surface area (Å²) in [7, 11) is 0. The summed E-state index contributed by atoms with van der Waals surface area (Å²) in [5.41, 5.74) is 5.75. The van der Waals surface area contributed by atoms with Crippen molar-refractivity contribution in [3.8, 4) is 0 Å². The summed E-state index contributed by atoms with van der Waals surface area (Å²) in [6, 6.07) is 3.71. The third kappa shape index (κ3) is 1.96. The molecule has 1 aromatic heterocycles. The molecule has 0 saturated carbocycles. The van der Waals surface area contributed by atoms with E-state index in [1.165, 1.54) is 0 Å². The number of hydrazine groups is 1. The Kier molecular flexibility index (Phi) is 2.74. The summed E-state index contributed by atoms with van der Waals surface area (Å²) in [5, 5.41) is 4.05. The standard InChI is InChI=1S/C10H12N4O2/c1-6-2-5-9(16-6)7-3-4-8(14-13-7)10(15)12-11/h2,4-5,14H,3,11H2,1H3,(H,12,15). The second-order valence-corrected chi connectivity index (χ2v) is 3.38. The molecule has 2 heterocycles. The van der Waals surface area contributed by atoms with E-state index in [-0.39, 0.29) is 0 Å². The van der Waals surface area contributed by atoms with Crippen molar-refractivity contribution < 1.29 is 9.21 Å². The van der Waals surface area contributed by atoms with Crippen LogP contribution in [-0.4, -0.2) is 11.6 Å². The van der Waals surface area contributed by atoms with E-state index in [2.05, 4.69) is 10.5 Å². The smallest absolute Gasteiger partial charge is 0.282 e. The van der Waals surface area contributed by atoms with Gasteiger partial charge in [0.1, 0.15) is 17.2 Å². The van der Waals surface area contributed by atoms with Crippen LogP contribution in [0.5, 0.6) is 0 Å². The molecule has 6 heteroatoms. The van der Waals surface area contributed by atoms with E-state index < -0.39 is 5.91 Å². The molecule has 0 spiro atoms. The molecule has 6 nitrogen and oxygen atoms in total. The highest BCUT2D eigenvalue weighted by Crippen LogP contribution is 2.13. The summed E-state index contributed by atoms with van der Waals surface area (Å²) < 4.78 is 5.42. The van der Waals surface area contributed by atoms with Crippen molar-refractivity contribution in [2.24, 2.45) is 10.9 Å². The van der Waals surface area contributed by atoms with E-state index in [0.717, 1.165) is 11.5 Å². The van der Waals surface area contributed by atoms with Gasteiger partial charge >= 0.3 is 0 Å². The lowest BCUT2D eigenvalue weighted by atomic mass is 10.1. The Morgan fingerprint density at radius 2 is 2.44 bits per heavy atom. The molecule has 0 aromatic carbocycles. The number of hydrazone groups is 1. The molecule has 0 fully saturated rings. The van der Waals surface area contributed by atoms with Crippen molar-refractivity contribution in [3.05, 3.63) is 35.4 Å². The van der Waals surface area contributed by atoms with Gasteiger partial charge in [-0.15, -0.1) is 0 Å². The molecule has 16 heavy (non-hydrogen) atoms. The van der Waals surface area contributed by atoms with Crippen LogP contribution in [0, 0.1) is 6.92 Å². The molecule has 0 saturated heterocycles. The number of carbonyl (C=O) groups excluding carboxylic acids is 1. The maximum absolute atomic E-state index is 11.2. The van der Waals surface area contributed by atoms with Gasteiger partial charge in [0.25, 0.3) is 5.91 Å². The second kappa shape index (κ2) is 4.19. The number of furan rings is 1. The number of hydrogen-bond donors (Lipinski definition) is 3. The van der Waals surface area contributed by atoms with Gasteiger partial charge in [0.2, 0.25) is 0 Å². The van der Waals surface area contributed by atoms with Crippen LogP contribution in [0.3, 0.4) is 0 Å². The summed E-state index contributed by atoms with van der Waals surface area (Å²) in [4.78, 5) is 11.2. The molecule has 0 unspecified atom stereocenters. The number of nitrogens with one attached hydrogen (secondary N) is 2. The van der Waals surface area contributed by atoms with Crippen molar-refractivity contribution in [1.29, 1.82) is 0 Å². The third-order valence-electron chi connectivity index (χ3n) is 2.21. The van der Waals surface area contributed by atoms with E-state index >= 15 is 0 Å². The minimum atomic E-state index is -0.390. The van der Waals surface area contributed by atoms with Crippen molar-refractivity contribution in [2.75, 3.05) is 0 Å². The summed E-state index contributed by atoms with van der Waals surface area (Å²) in [6.07, 6.45) is 2.24. The molecule has 0 bridgehead atoms. The highest BCUT2D eigenvalue weighted by molar-refractivity contribution is 6.02. The van der Waals surface area contributed by atoms with Crippen LogP contribution in [0.4, 0.5) is 0 Å². The number of carbonyl (C=O) groups is 1. The molecule has 4 N–H and O–H groups in total. The first-order valence-electron chi connectivity index (χ1n) is 4.81. The highest BCUT2D eigenvalue weighted by atomic mass is 16.3. The minimum Gasteiger partial charge on any atom is -0.460 e. The molecule has 1 amide bonds. The molecular weight excluding hydrogens is 208 g/mol. The number of allylic oxidation sites excluding steroid dienone is 1. The van der Waals surface area contributed by atoms with Gasteiger partial charge < -0.3 is 4.42 Å². The molecule has 1 aliphatic heterocycles. The van der Waals surface area contributed by atoms with E-state index in [1.807, 2.05) is 24.5 Å². The van der Waals surface area contributed by atoms with E-state index in [1.54, 1.807) is 6.08 Å². The first-order chi connectivity index (χ1) is 7.70. The first kappa shape index (κ1) is 10.4. The van der Waals surface area contributed by atoms with Gasteiger partial charge in [-0.2, -0.15) is 5.10 Å². The van der Waals surface area contributed by atoms with Crippen LogP contribution in [0.1, 0.15) is 17.9 Å². The number of amides is 1. The molecule has 1 aliphatic rings. The predicted molar refractivity (Wildman–Crippen MR) is 58.1 cm³/mol. The van der Waals surface area contributed by atoms with Crippen molar-refractivity contribution in [3.63, 3.8) is 0 Å². The molecule has 2 rings (SSSR count). The normalized spacial score (nSPS) is 14.9. The summed E-state index contributed by atoms with van der Waals surface area (Å²) in [6.45, 7) is 1.86. The quantitative estimate of drug-likeness (QED) is 0.376. The van der Waals surface area contributed by atoms with Gasteiger partial charge in [0, 0.05) is 6.42 Å². The van der Waals surface area contributed by atoms with Gasteiger partial charge in [0.05, 0.1) is 0 Å². The zero-order valence-corrected chi connectivity index (χ0v) is 8.78. The van der Waals surface area contributed by atoms with Crippen molar-refractivity contribution in [2.45, 2.75) is 13.3 Å². The summed E-state index contributed by atoms with van der Waals surface area (Å²) in [5.74, 6) is 6.14. The highest BCUT2D eigenvalue weighted by Gasteiger charge is 2.15. The van der Waals surface area contributed by atoms with Crippen molar-refractivity contribution in [1.82, 2.24) is 10.9 Å². The van der Waals surface area contributed by atoms with Crippen LogP contribution >= 0.6 is 0 Å². The van der Waals surface area contributed by atoms with Gasteiger partial charge in [-0.05, 0) is 25.1 Å². The van der Waals surface area contributed by atoms with Gasteiger partial charge in [0.15, 0.2) is 5.76 Å². The van der Waals surface area contributed by atoms with Gasteiger partial charge in [-0.3, -0.25) is 15.6 Å². The monoisotopic (exact) mass is 220 g/mol. The first-order valence-corrected chi connectivity index (χ1v) is 4.81. The maximum atomic E-state index is 11.2. The average Bonchev–Trinajstić information content (AvgIpc) is 2.75. The lowest BCUT2D eigenvalue weighted by molar-refractivity contribution is -0.117. The van der Waals surface area contributed by atoms with E-state index in [9.17, 15) is 4.79 Å². The van der Waals surface area contributed by atoms with E-state index in [4.69, 9.17) is 10.3 Å². The number of aryl methyl sites for hydroxylation is 1. The topological polar surface area (TPSA) is 92.7 Å². The zero-order chi connectivity index (χ0) is 11.5. The molecule has 1 aromatic rings. The van der Waals surface area contributed by atoms with Gasteiger partial charge in [-0.1, -0.05) is 0 Å². The molecule has 84 valence electrons. The SMILES string of the molecule is Cc1ccc(C2=NNC(C(=O)NN)=CC2)o1. The molecule has 0 radical (unpaired) electrons. The Morgan fingerprint density at radius 3 is 2.94 bits per heavy atom. The number of nitrogens with two attached hydrogens (primary N) is 1. The summed E-state index contributed by atoms with van der Waals surface area (Å²) >= 11 is 0. The fraction of sp³-hybridized carbons (Fsp3) is 0.200. The van der Waals surface area contributed by atoms with Crippen LogP contribution in [0.25, 0.3) is 0 Å². The number of rotatable bonds is 2.